The second-order valence-electron chi connectivity index (χ2n) is 4.13. The molecule has 7 nitrogen and oxygen atoms in total. The highest BCUT2D eigenvalue weighted by molar-refractivity contribution is 7.99. The Kier molecular flexibility index (Phi) is 5.42. The number of thioether (sulfide) groups is 1. The van der Waals surface area contributed by atoms with Gasteiger partial charge in [0.15, 0.2) is 5.16 Å². The Labute approximate surface area is 131 Å². The van der Waals surface area contributed by atoms with Crippen LogP contribution >= 0.6 is 11.8 Å². The predicted molar refractivity (Wildman–Crippen MR) is 83.8 cm³/mol. The third-order valence-electron chi connectivity index (χ3n) is 2.63. The van der Waals surface area contributed by atoms with E-state index in [-0.39, 0.29) is 23.1 Å². The van der Waals surface area contributed by atoms with Crippen molar-refractivity contribution in [2.24, 2.45) is 0 Å². The Morgan fingerprint density at radius 3 is 2.82 bits per heavy atom. The van der Waals surface area contributed by atoms with Crippen molar-refractivity contribution in [3.8, 4) is 11.6 Å². The molecule has 2 N–H and O–H groups in total. The number of rotatable bonds is 6. The van der Waals surface area contributed by atoms with E-state index in [0.29, 0.717) is 16.6 Å². The molecule has 116 valence electrons. The lowest BCUT2D eigenvalue weighted by Crippen LogP contribution is -2.16. The highest BCUT2D eigenvalue weighted by atomic mass is 32.2. The molecule has 2 rings (SSSR count). The Hall–Kier alpha value is -2.48. The summed E-state index contributed by atoms with van der Waals surface area (Å²) in [5.41, 5.74) is 0.252. The van der Waals surface area contributed by atoms with Crippen molar-refractivity contribution >= 4 is 23.4 Å². The molecule has 0 unspecified atom stereocenters. The van der Waals surface area contributed by atoms with E-state index in [0.717, 1.165) is 11.8 Å². The van der Waals surface area contributed by atoms with Crippen LogP contribution in [0.3, 0.4) is 0 Å². The number of anilines is 1. The normalized spacial score (nSPS) is 10.1. The summed E-state index contributed by atoms with van der Waals surface area (Å²) in [7, 11) is 2.95. The molecule has 0 spiro atoms. The first-order valence-corrected chi connectivity index (χ1v) is 7.32. The topological polar surface area (TPSA) is 93.3 Å². The van der Waals surface area contributed by atoms with Gasteiger partial charge in [0.1, 0.15) is 5.75 Å². The van der Waals surface area contributed by atoms with Gasteiger partial charge >= 0.3 is 0 Å². The number of carbonyl (C=O) groups is 1. The van der Waals surface area contributed by atoms with Crippen molar-refractivity contribution in [1.82, 2.24) is 9.97 Å². The monoisotopic (exact) mass is 321 g/mol. The number of amides is 1. The largest absolute Gasteiger partial charge is 0.495 e. The number of hydrogen-bond donors (Lipinski definition) is 2. The van der Waals surface area contributed by atoms with Gasteiger partial charge in [0.05, 0.1) is 31.7 Å². The van der Waals surface area contributed by atoms with E-state index >= 15 is 0 Å². The summed E-state index contributed by atoms with van der Waals surface area (Å²) < 4.78 is 10.1. The fourth-order valence-electron chi connectivity index (χ4n) is 1.65. The van der Waals surface area contributed by atoms with Crippen molar-refractivity contribution < 1.29 is 14.3 Å². The molecule has 0 fully saturated rings. The second-order valence-corrected chi connectivity index (χ2v) is 5.09. The number of hydrogen-bond acceptors (Lipinski definition) is 6. The van der Waals surface area contributed by atoms with E-state index in [1.807, 2.05) is 6.07 Å². The number of nitrogens with zero attached hydrogens (tertiary/aromatic N) is 1. The first kappa shape index (κ1) is 15.9. The van der Waals surface area contributed by atoms with Crippen molar-refractivity contribution in [1.29, 1.82) is 0 Å². The van der Waals surface area contributed by atoms with Gasteiger partial charge in [0.25, 0.3) is 5.56 Å². The number of methoxy groups -OCH3 is 2. The number of H-pyrrole nitrogens is 1. The number of nitrogens with one attached hydrogen (secondary N) is 2. The van der Waals surface area contributed by atoms with Crippen molar-refractivity contribution in [2.45, 2.75) is 5.16 Å². The van der Waals surface area contributed by atoms with E-state index in [2.05, 4.69) is 15.3 Å². The van der Waals surface area contributed by atoms with Crippen LogP contribution in [0.1, 0.15) is 0 Å². The fraction of sp³-hybridized carbons (Fsp3) is 0.214. The van der Waals surface area contributed by atoms with E-state index in [9.17, 15) is 9.59 Å². The number of para-hydroxylation sites is 2. The molecule has 0 atom stereocenters. The van der Waals surface area contributed by atoms with Gasteiger partial charge in [-0.1, -0.05) is 23.9 Å². The molecule has 0 aliphatic carbocycles. The van der Waals surface area contributed by atoms with E-state index in [4.69, 9.17) is 9.47 Å². The van der Waals surface area contributed by atoms with Gasteiger partial charge in [-0.2, -0.15) is 4.98 Å². The molecule has 0 saturated heterocycles. The third-order valence-corrected chi connectivity index (χ3v) is 3.50. The quantitative estimate of drug-likeness (QED) is 0.619. The average molecular weight is 321 g/mol. The maximum Gasteiger partial charge on any atom is 0.255 e. The van der Waals surface area contributed by atoms with Crippen LogP contribution < -0.4 is 20.3 Å². The van der Waals surface area contributed by atoms with Gasteiger partial charge in [-0.15, -0.1) is 0 Å². The highest BCUT2D eigenvalue weighted by Crippen LogP contribution is 2.23. The summed E-state index contributed by atoms with van der Waals surface area (Å²) >= 11 is 1.11. The summed E-state index contributed by atoms with van der Waals surface area (Å²) in [6.45, 7) is 0. The Balaban J connectivity index is 1.98. The fourth-order valence-corrected chi connectivity index (χ4v) is 2.32. The average Bonchev–Trinajstić information content (AvgIpc) is 2.53. The second kappa shape index (κ2) is 7.51. The first-order chi connectivity index (χ1) is 10.6. The van der Waals surface area contributed by atoms with Crippen LogP contribution in [0.2, 0.25) is 0 Å². The highest BCUT2D eigenvalue weighted by Gasteiger charge is 2.09. The van der Waals surface area contributed by atoms with E-state index in [1.165, 1.54) is 20.3 Å². The number of aromatic nitrogens is 2. The molecule has 8 heteroatoms. The zero-order valence-electron chi connectivity index (χ0n) is 12.1. The number of carbonyl (C=O) groups excluding carboxylic acids is 1. The van der Waals surface area contributed by atoms with Crippen molar-refractivity contribution in [2.75, 3.05) is 25.3 Å². The van der Waals surface area contributed by atoms with Gasteiger partial charge in [-0.25, -0.2) is 0 Å². The van der Waals surface area contributed by atoms with Crippen LogP contribution in [0.4, 0.5) is 5.69 Å². The molecule has 22 heavy (non-hydrogen) atoms. The lowest BCUT2D eigenvalue weighted by atomic mass is 10.3. The first-order valence-electron chi connectivity index (χ1n) is 6.33. The minimum atomic E-state index is -0.334. The molecule has 1 amide bonds. The van der Waals surface area contributed by atoms with Crippen molar-refractivity contribution in [3.63, 3.8) is 0 Å². The zero-order valence-corrected chi connectivity index (χ0v) is 12.9. The maximum absolute atomic E-state index is 12.0. The smallest absolute Gasteiger partial charge is 0.255 e. The van der Waals surface area contributed by atoms with Gasteiger partial charge in [-0.3, -0.25) is 9.59 Å². The molecule has 0 aliphatic rings. The third kappa shape index (κ3) is 4.26. The van der Waals surface area contributed by atoms with Gasteiger partial charge < -0.3 is 19.8 Å². The Morgan fingerprint density at radius 1 is 1.32 bits per heavy atom. The molecule has 0 bridgehead atoms. The van der Waals surface area contributed by atoms with Gasteiger partial charge in [0.2, 0.25) is 11.8 Å². The zero-order chi connectivity index (χ0) is 15.9. The van der Waals surface area contributed by atoms with Crippen LogP contribution in [-0.4, -0.2) is 35.8 Å². The van der Waals surface area contributed by atoms with Gasteiger partial charge in [-0.05, 0) is 12.1 Å². The minimum absolute atomic E-state index is 0.0914. The molecular formula is C14H15N3O4S. The summed E-state index contributed by atoms with van der Waals surface area (Å²) in [6, 6.07) is 8.34. The van der Waals surface area contributed by atoms with E-state index in [1.54, 1.807) is 18.2 Å². The summed E-state index contributed by atoms with van der Waals surface area (Å²) in [4.78, 5) is 29.9. The Morgan fingerprint density at radius 2 is 2.09 bits per heavy atom. The molecule has 1 aromatic heterocycles. The number of benzene rings is 1. The molecule has 0 aliphatic heterocycles. The maximum atomic E-state index is 12.0. The molecular weight excluding hydrogens is 306 g/mol. The van der Waals surface area contributed by atoms with Gasteiger partial charge in [0, 0.05) is 0 Å². The molecule has 1 heterocycles. The Bertz CT molecular complexity index is 717. The number of aromatic amines is 1. The van der Waals surface area contributed by atoms with Crippen LogP contribution in [0, 0.1) is 0 Å². The number of ether oxygens (including phenoxy) is 2. The van der Waals surface area contributed by atoms with Crippen LogP contribution in [-0.2, 0) is 4.79 Å². The predicted octanol–water partition coefficient (Wildman–Crippen LogP) is 1.52. The summed E-state index contributed by atoms with van der Waals surface area (Å²) in [5.74, 6) is 0.638. The molecule has 0 saturated carbocycles. The molecule has 2 aromatic rings. The summed E-state index contributed by atoms with van der Waals surface area (Å²) in [5, 5.41) is 3.06. The lowest BCUT2D eigenvalue weighted by molar-refractivity contribution is -0.113. The SMILES string of the molecule is COc1cc(=O)[nH]c(SCC(=O)Nc2ccccc2OC)n1. The standard InChI is InChI=1S/C14H15N3O4S/c1-20-10-6-4-3-5-9(10)15-12(19)8-22-14-16-11(18)7-13(17-14)21-2/h3-7H,8H2,1-2H3,(H,15,19)(H,16,17,18). The van der Waals surface area contributed by atoms with Crippen LogP contribution in [0.15, 0.2) is 40.3 Å². The van der Waals surface area contributed by atoms with Crippen LogP contribution in [0.25, 0.3) is 0 Å². The van der Waals surface area contributed by atoms with Crippen molar-refractivity contribution in [3.05, 3.63) is 40.7 Å². The minimum Gasteiger partial charge on any atom is -0.495 e. The molecule has 1 aromatic carbocycles. The van der Waals surface area contributed by atoms with Crippen LogP contribution in [0.5, 0.6) is 11.6 Å². The molecule has 0 radical (unpaired) electrons. The lowest BCUT2D eigenvalue weighted by Gasteiger charge is -2.09. The summed E-state index contributed by atoms with van der Waals surface area (Å²) in [6.07, 6.45) is 0. The van der Waals surface area contributed by atoms with E-state index < -0.39 is 0 Å².